The molecule has 0 aliphatic rings. The Bertz CT molecular complexity index is 553. The Hall–Kier alpha value is -1.69. The van der Waals surface area contributed by atoms with Crippen molar-refractivity contribution in [2.75, 3.05) is 5.73 Å². The van der Waals surface area contributed by atoms with Crippen molar-refractivity contribution in [2.45, 2.75) is 0 Å². The van der Waals surface area contributed by atoms with Crippen LogP contribution in [0.25, 0.3) is 11.1 Å². The number of rotatable bonds is 1. The van der Waals surface area contributed by atoms with E-state index in [4.69, 9.17) is 17.3 Å². The molecule has 1 heterocycles. The van der Waals surface area contributed by atoms with Crippen LogP contribution >= 0.6 is 11.6 Å². The molecule has 7 heteroatoms. The molecule has 0 amide bonds. The Balaban J connectivity index is 2.72. The highest BCUT2D eigenvalue weighted by Crippen LogP contribution is 2.33. The Morgan fingerprint density at radius 1 is 1.19 bits per heavy atom. The van der Waals surface area contributed by atoms with E-state index in [0.29, 0.717) is 6.07 Å². The number of nitrogens with one attached hydrogen (secondary N) is 1. The van der Waals surface area contributed by atoms with Crippen LogP contribution in [0.4, 0.5) is 19.0 Å². The van der Waals surface area contributed by atoms with Crippen molar-refractivity contribution in [3.8, 4) is 11.1 Å². The number of aromatic nitrogens is 2. The molecule has 84 valence electrons. The zero-order chi connectivity index (χ0) is 11.9. The number of hydrogen-bond acceptors (Lipinski definition) is 2. The van der Waals surface area contributed by atoms with Crippen LogP contribution in [-0.4, -0.2) is 10.2 Å². The van der Waals surface area contributed by atoms with E-state index in [1.165, 1.54) is 6.20 Å². The standard InChI is InChI=1S/C9H5ClF3N3/c10-6-7(12)3(1-5(11)8(6)13)4-2-15-16-9(4)14/h1-2H,(H3,14,15,16). The van der Waals surface area contributed by atoms with Crippen LogP contribution in [0.5, 0.6) is 0 Å². The number of benzene rings is 1. The molecule has 0 radical (unpaired) electrons. The van der Waals surface area contributed by atoms with E-state index in [1.54, 1.807) is 0 Å². The first kappa shape index (κ1) is 10.8. The number of H-pyrrole nitrogens is 1. The number of nitrogens with two attached hydrogens (primary N) is 1. The molecule has 2 rings (SSSR count). The lowest BCUT2D eigenvalue weighted by Crippen LogP contribution is -1.96. The van der Waals surface area contributed by atoms with Crippen LogP contribution in [0, 0.1) is 17.5 Å². The molecule has 1 aromatic heterocycles. The summed E-state index contributed by atoms with van der Waals surface area (Å²) in [5.41, 5.74) is 5.32. The van der Waals surface area contributed by atoms with Gasteiger partial charge in [0.15, 0.2) is 17.5 Å². The summed E-state index contributed by atoms with van der Waals surface area (Å²) in [5, 5.41) is 4.99. The molecular weight excluding hydrogens is 243 g/mol. The van der Waals surface area contributed by atoms with Crippen LogP contribution in [0.1, 0.15) is 0 Å². The molecule has 3 nitrogen and oxygen atoms in total. The second-order valence-corrected chi connectivity index (χ2v) is 3.42. The first-order chi connectivity index (χ1) is 7.52. The average molecular weight is 248 g/mol. The van der Waals surface area contributed by atoms with Crippen molar-refractivity contribution in [1.29, 1.82) is 0 Å². The number of aromatic amines is 1. The minimum absolute atomic E-state index is 0.0426. The van der Waals surface area contributed by atoms with Crippen molar-refractivity contribution in [1.82, 2.24) is 10.2 Å². The first-order valence-electron chi connectivity index (χ1n) is 4.14. The second-order valence-electron chi connectivity index (χ2n) is 3.05. The van der Waals surface area contributed by atoms with Gasteiger partial charge in [-0.1, -0.05) is 11.6 Å². The van der Waals surface area contributed by atoms with E-state index < -0.39 is 22.5 Å². The SMILES string of the molecule is Nc1[nH]ncc1-c1cc(F)c(F)c(Cl)c1F. The zero-order valence-corrected chi connectivity index (χ0v) is 8.45. The summed E-state index contributed by atoms with van der Waals surface area (Å²) < 4.78 is 39.5. The fraction of sp³-hybridized carbons (Fsp3) is 0. The number of halogens is 4. The molecule has 0 aliphatic heterocycles. The molecular formula is C9H5ClF3N3. The van der Waals surface area contributed by atoms with Gasteiger partial charge in [-0.2, -0.15) is 5.10 Å². The normalized spacial score (nSPS) is 10.8. The quantitative estimate of drug-likeness (QED) is 0.601. The summed E-state index contributed by atoms with van der Waals surface area (Å²) in [7, 11) is 0. The predicted molar refractivity (Wildman–Crippen MR) is 53.3 cm³/mol. The van der Waals surface area contributed by atoms with Crippen LogP contribution in [0.2, 0.25) is 5.02 Å². The van der Waals surface area contributed by atoms with E-state index in [1.807, 2.05) is 0 Å². The van der Waals surface area contributed by atoms with Gasteiger partial charge < -0.3 is 5.73 Å². The molecule has 1 aromatic carbocycles. The Morgan fingerprint density at radius 3 is 2.44 bits per heavy atom. The van der Waals surface area contributed by atoms with E-state index in [2.05, 4.69) is 10.2 Å². The Morgan fingerprint density at radius 2 is 1.88 bits per heavy atom. The van der Waals surface area contributed by atoms with Crippen LogP contribution < -0.4 is 5.73 Å². The molecule has 0 bridgehead atoms. The highest BCUT2D eigenvalue weighted by atomic mass is 35.5. The van der Waals surface area contributed by atoms with E-state index in [9.17, 15) is 13.2 Å². The fourth-order valence-electron chi connectivity index (χ4n) is 1.28. The third kappa shape index (κ3) is 1.51. The molecule has 0 unspecified atom stereocenters. The maximum atomic E-state index is 13.5. The van der Waals surface area contributed by atoms with Crippen LogP contribution in [0.15, 0.2) is 12.3 Å². The van der Waals surface area contributed by atoms with Gasteiger partial charge in [-0.05, 0) is 6.07 Å². The van der Waals surface area contributed by atoms with Gasteiger partial charge in [-0.3, -0.25) is 5.10 Å². The fourth-order valence-corrected chi connectivity index (χ4v) is 1.47. The maximum absolute atomic E-state index is 13.5. The monoisotopic (exact) mass is 247 g/mol. The second kappa shape index (κ2) is 3.71. The molecule has 16 heavy (non-hydrogen) atoms. The van der Waals surface area contributed by atoms with Crippen molar-refractivity contribution >= 4 is 17.4 Å². The van der Waals surface area contributed by atoms with Gasteiger partial charge >= 0.3 is 0 Å². The lowest BCUT2D eigenvalue weighted by Gasteiger charge is -2.05. The Labute approximate surface area is 93.0 Å². The van der Waals surface area contributed by atoms with Crippen molar-refractivity contribution in [2.24, 2.45) is 0 Å². The van der Waals surface area contributed by atoms with Crippen LogP contribution in [0.3, 0.4) is 0 Å². The van der Waals surface area contributed by atoms with E-state index in [-0.39, 0.29) is 16.9 Å². The van der Waals surface area contributed by atoms with Crippen molar-refractivity contribution < 1.29 is 13.2 Å². The number of nitrogens with zero attached hydrogens (tertiary/aromatic N) is 1. The van der Waals surface area contributed by atoms with Crippen molar-refractivity contribution in [3.05, 3.63) is 34.7 Å². The lowest BCUT2D eigenvalue weighted by atomic mass is 10.1. The summed E-state index contributed by atoms with van der Waals surface area (Å²) in [6, 6.07) is 0.678. The molecule has 3 N–H and O–H groups in total. The molecule has 0 saturated carbocycles. The largest absolute Gasteiger partial charge is 0.384 e. The number of hydrogen-bond donors (Lipinski definition) is 2. The smallest absolute Gasteiger partial charge is 0.180 e. The molecule has 2 aromatic rings. The van der Waals surface area contributed by atoms with Gasteiger partial charge in [-0.25, -0.2) is 13.2 Å². The topological polar surface area (TPSA) is 54.7 Å². The summed E-state index contributed by atoms with van der Waals surface area (Å²) in [4.78, 5) is 0. The molecule has 0 saturated heterocycles. The average Bonchev–Trinajstić information content (AvgIpc) is 2.67. The van der Waals surface area contributed by atoms with Crippen LogP contribution in [-0.2, 0) is 0 Å². The number of nitrogen functional groups attached to an aromatic ring is 1. The minimum atomic E-state index is -1.43. The number of anilines is 1. The summed E-state index contributed by atoms with van der Waals surface area (Å²) in [5.74, 6) is -3.71. The van der Waals surface area contributed by atoms with E-state index in [0.717, 1.165) is 0 Å². The summed E-state index contributed by atoms with van der Waals surface area (Å²) in [6.07, 6.45) is 1.20. The summed E-state index contributed by atoms with van der Waals surface area (Å²) >= 11 is 5.30. The third-order valence-corrected chi connectivity index (χ3v) is 2.39. The first-order valence-corrected chi connectivity index (χ1v) is 4.52. The van der Waals surface area contributed by atoms with Gasteiger partial charge in [0.25, 0.3) is 0 Å². The third-order valence-electron chi connectivity index (χ3n) is 2.06. The lowest BCUT2D eigenvalue weighted by molar-refractivity contribution is 0.496. The van der Waals surface area contributed by atoms with Gasteiger partial charge in [0.1, 0.15) is 10.8 Å². The maximum Gasteiger partial charge on any atom is 0.180 e. The highest BCUT2D eigenvalue weighted by molar-refractivity contribution is 6.31. The molecule has 0 atom stereocenters. The molecule has 0 fully saturated rings. The van der Waals surface area contributed by atoms with Crippen molar-refractivity contribution in [3.63, 3.8) is 0 Å². The Kier molecular flexibility index (Phi) is 2.51. The predicted octanol–water partition coefficient (Wildman–Crippen LogP) is 2.73. The summed E-state index contributed by atoms with van der Waals surface area (Å²) in [6.45, 7) is 0. The highest BCUT2D eigenvalue weighted by Gasteiger charge is 2.20. The van der Waals surface area contributed by atoms with Gasteiger partial charge in [-0.15, -0.1) is 0 Å². The van der Waals surface area contributed by atoms with Gasteiger partial charge in [0.05, 0.1) is 6.20 Å². The molecule has 0 spiro atoms. The molecule has 0 aliphatic carbocycles. The van der Waals surface area contributed by atoms with Gasteiger partial charge in [0.2, 0.25) is 0 Å². The van der Waals surface area contributed by atoms with Gasteiger partial charge in [0, 0.05) is 11.1 Å². The zero-order valence-electron chi connectivity index (χ0n) is 7.69. The minimum Gasteiger partial charge on any atom is -0.384 e. The van der Waals surface area contributed by atoms with E-state index >= 15 is 0 Å².